The van der Waals surface area contributed by atoms with Gasteiger partial charge in [-0.05, 0) is 22.4 Å². The molecule has 0 saturated heterocycles. The highest BCUT2D eigenvalue weighted by atomic mass is 19.1. The van der Waals surface area contributed by atoms with E-state index in [1.54, 1.807) is 12.1 Å². The highest BCUT2D eigenvalue weighted by molar-refractivity contribution is 5.63. The number of nitrogens with zero attached hydrogens (tertiary/aromatic N) is 4. The third kappa shape index (κ3) is 1.59. The van der Waals surface area contributed by atoms with E-state index in [-0.39, 0.29) is 28.8 Å². The molecule has 0 amide bonds. The highest BCUT2D eigenvalue weighted by Crippen LogP contribution is 2.24. The molecule has 0 spiro atoms. The predicted octanol–water partition coefficient (Wildman–Crippen LogP) is 1.51. The Morgan fingerprint density at radius 3 is 2.67 bits per heavy atom. The Morgan fingerprint density at radius 1 is 1.11 bits per heavy atom. The van der Waals surface area contributed by atoms with Gasteiger partial charge in [-0.2, -0.15) is 4.98 Å². The summed E-state index contributed by atoms with van der Waals surface area (Å²) >= 11 is 0. The summed E-state index contributed by atoms with van der Waals surface area (Å²) in [7, 11) is 0. The van der Waals surface area contributed by atoms with Gasteiger partial charge in [-0.25, -0.2) is 9.02 Å². The number of nitrogen functional groups attached to an aromatic ring is 1. The van der Waals surface area contributed by atoms with Gasteiger partial charge in [-0.1, -0.05) is 17.3 Å². The standard InChI is InChI=1S/C10H6FN5O2/c11-6-4-2-1-3-5(6)9-13-10(17-16-9)7-8(12)15-18-14-7/h1-4H,(H2,12,15). The molecule has 2 aromatic heterocycles. The monoisotopic (exact) mass is 247 g/mol. The molecule has 0 aliphatic carbocycles. The predicted molar refractivity (Wildman–Crippen MR) is 57.4 cm³/mol. The Morgan fingerprint density at radius 2 is 1.94 bits per heavy atom. The van der Waals surface area contributed by atoms with Gasteiger partial charge < -0.3 is 10.3 Å². The van der Waals surface area contributed by atoms with Gasteiger partial charge in [0.15, 0.2) is 0 Å². The van der Waals surface area contributed by atoms with E-state index < -0.39 is 5.82 Å². The van der Waals surface area contributed by atoms with Crippen molar-refractivity contribution < 1.29 is 13.5 Å². The maximum Gasteiger partial charge on any atom is 0.284 e. The van der Waals surface area contributed by atoms with E-state index in [1.165, 1.54) is 12.1 Å². The van der Waals surface area contributed by atoms with E-state index in [9.17, 15) is 4.39 Å². The lowest BCUT2D eigenvalue weighted by Crippen LogP contribution is -1.89. The molecule has 18 heavy (non-hydrogen) atoms. The lowest BCUT2D eigenvalue weighted by atomic mass is 10.2. The van der Waals surface area contributed by atoms with Gasteiger partial charge in [0.1, 0.15) is 5.82 Å². The van der Waals surface area contributed by atoms with Gasteiger partial charge in [0.05, 0.1) is 5.56 Å². The fraction of sp³-hybridized carbons (Fsp3) is 0. The Labute approximate surface area is 99.4 Å². The molecule has 2 N–H and O–H groups in total. The van der Waals surface area contributed by atoms with Crippen LogP contribution < -0.4 is 5.73 Å². The quantitative estimate of drug-likeness (QED) is 0.731. The second-order valence-corrected chi connectivity index (χ2v) is 3.40. The number of aromatic nitrogens is 4. The van der Waals surface area contributed by atoms with Crippen LogP contribution in [0.1, 0.15) is 0 Å². The van der Waals surface area contributed by atoms with Crippen molar-refractivity contribution >= 4 is 5.82 Å². The first kappa shape index (κ1) is 10.4. The first-order chi connectivity index (χ1) is 8.75. The molecule has 0 radical (unpaired) electrons. The summed E-state index contributed by atoms with van der Waals surface area (Å²) in [5.41, 5.74) is 5.84. The lowest BCUT2D eigenvalue weighted by Gasteiger charge is -1.94. The Hall–Kier alpha value is -2.77. The minimum Gasteiger partial charge on any atom is -0.379 e. The number of halogens is 1. The number of anilines is 1. The van der Waals surface area contributed by atoms with Gasteiger partial charge >= 0.3 is 0 Å². The largest absolute Gasteiger partial charge is 0.379 e. The zero-order valence-electron chi connectivity index (χ0n) is 8.87. The number of benzene rings is 1. The van der Waals surface area contributed by atoms with Crippen molar-refractivity contribution in [1.82, 2.24) is 20.5 Å². The molecule has 0 unspecified atom stereocenters. The normalized spacial score (nSPS) is 10.7. The Balaban J connectivity index is 2.05. The summed E-state index contributed by atoms with van der Waals surface area (Å²) in [6.45, 7) is 0. The van der Waals surface area contributed by atoms with Crippen molar-refractivity contribution in [3.05, 3.63) is 30.1 Å². The highest BCUT2D eigenvalue weighted by Gasteiger charge is 2.18. The van der Waals surface area contributed by atoms with Crippen LogP contribution in [-0.2, 0) is 0 Å². The maximum atomic E-state index is 13.5. The summed E-state index contributed by atoms with van der Waals surface area (Å²) in [5, 5.41) is 10.5. The van der Waals surface area contributed by atoms with Crippen LogP contribution >= 0.6 is 0 Å². The zero-order valence-corrected chi connectivity index (χ0v) is 8.87. The van der Waals surface area contributed by atoms with Crippen molar-refractivity contribution in [3.63, 3.8) is 0 Å². The summed E-state index contributed by atoms with van der Waals surface area (Å²) in [6.07, 6.45) is 0. The van der Waals surface area contributed by atoms with Crippen molar-refractivity contribution in [3.8, 4) is 23.0 Å². The zero-order chi connectivity index (χ0) is 12.5. The molecule has 7 nitrogen and oxygen atoms in total. The van der Waals surface area contributed by atoms with E-state index in [0.29, 0.717) is 0 Å². The first-order valence-electron chi connectivity index (χ1n) is 4.92. The van der Waals surface area contributed by atoms with Crippen molar-refractivity contribution in [2.75, 3.05) is 5.73 Å². The van der Waals surface area contributed by atoms with Crippen LogP contribution in [0.5, 0.6) is 0 Å². The fourth-order valence-corrected chi connectivity index (χ4v) is 1.42. The number of hydrogen-bond donors (Lipinski definition) is 1. The molecule has 0 fully saturated rings. The number of hydrogen-bond acceptors (Lipinski definition) is 7. The van der Waals surface area contributed by atoms with E-state index in [1.807, 2.05) is 0 Å². The molecular formula is C10H6FN5O2. The average Bonchev–Trinajstić information content (AvgIpc) is 2.98. The Bertz CT molecular complexity index is 693. The minimum atomic E-state index is -0.448. The lowest BCUT2D eigenvalue weighted by molar-refractivity contribution is 0.308. The third-order valence-corrected chi connectivity index (χ3v) is 2.26. The SMILES string of the molecule is Nc1nonc1-c1nc(-c2ccccc2F)no1. The molecule has 0 aliphatic rings. The molecular weight excluding hydrogens is 241 g/mol. The maximum absolute atomic E-state index is 13.5. The smallest absolute Gasteiger partial charge is 0.284 e. The molecule has 0 atom stereocenters. The van der Waals surface area contributed by atoms with Crippen molar-refractivity contribution in [2.45, 2.75) is 0 Å². The van der Waals surface area contributed by atoms with E-state index >= 15 is 0 Å². The third-order valence-electron chi connectivity index (χ3n) is 2.26. The summed E-state index contributed by atoms with van der Waals surface area (Å²) in [4.78, 5) is 3.98. The van der Waals surface area contributed by atoms with Crippen LogP contribution in [-0.4, -0.2) is 20.5 Å². The number of nitrogens with two attached hydrogens (primary N) is 1. The molecule has 0 saturated carbocycles. The molecule has 3 aromatic rings. The molecule has 0 aliphatic heterocycles. The van der Waals surface area contributed by atoms with E-state index in [4.69, 9.17) is 10.3 Å². The summed E-state index contributed by atoms with van der Waals surface area (Å²) in [5.74, 6) is -0.299. The molecule has 1 aromatic carbocycles. The Kier molecular flexibility index (Phi) is 2.26. The summed E-state index contributed by atoms with van der Waals surface area (Å²) in [6, 6.07) is 6.07. The van der Waals surface area contributed by atoms with Gasteiger partial charge in [0.2, 0.25) is 17.3 Å². The fourth-order valence-electron chi connectivity index (χ4n) is 1.42. The molecule has 0 bridgehead atoms. The van der Waals surface area contributed by atoms with Crippen molar-refractivity contribution in [1.29, 1.82) is 0 Å². The topological polar surface area (TPSA) is 104 Å². The van der Waals surface area contributed by atoms with Crippen LogP contribution in [0.15, 0.2) is 33.4 Å². The molecule has 90 valence electrons. The second-order valence-electron chi connectivity index (χ2n) is 3.40. The van der Waals surface area contributed by atoms with Crippen molar-refractivity contribution in [2.24, 2.45) is 0 Å². The molecule has 8 heteroatoms. The van der Waals surface area contributed by atoms with Crippen LogP contribution in [0, 0.1) is 5.82 Å². The molecule has 3 rings (SSSR count). The minimum absolute atomic E-state index is 0.0204. The summed E-state index contributed by atoms with van der Waals surface area (Å²) < 4.78 is 22.9. The van der Waals surface area contributed by atoms with Gasteiger partial charge in [0.25, 0.3) is 5.89 Å². The van der Waals surface area contributed by atoms with Gasteiger partial charge in [0, 0.05) is 0 Å². The van der Waals surface area contributed by atoms with Gasteiger partial charge in [-0.3, -0.25) is 0 Å². The molecule has 2 heterocycles. The average molecular weight is 247 g/mol. The van der Waals surface area contributed by atoms with Crippen LogP contribution in [0.25, 0.3) is 23.0 Å². The van der Waals surface area contributed by atoms with E-state index in [2.05, 4.69) is 25.1 Å². The van der Waals surface area contributed by atoms with Crippen LogP contribution in [0.4, 0.5) is 10.2 Å². The van der Waals surface area contributed by atoms with Crippen LogP contribution in [0.2, 0.25) is 0 Å². The first-order valence-corrected chi connectivity index (χ1v) is 4.92. The van der Waals surface area contributed by atoms with Crippen LogP contribution in [0.3, 0.4) is 0 Å². The number of rotatable bonds is 2. The van der Waals surface area contributed by atoms with Gasteiger partial charge in [-0.15, -0.1) is 0 Å². The second kappa shape index (κ2) is 3.91. The van der Waals surface area contributed by atoms with E-state index in [0.717, 1.165) is 0 Å².